The van der Waals surface area contributed by atoms with Crippen LogP contribution in [0.15, 0.2) is 6.07 Å². The van der Waals surface area contributed by atoms with Crippen LogP contribution in [-0.2, 0) is 17.7 Å². The predicted molar refractivity (Wildman–Crippen MR) is 72.4 cm³/mol. The first kappa shape index (κ1) is 13.6. The molecule has 0 radical (unpaired) electrons. The van der Waals surface area contributed by atoms with Gasteiger partial charge in [0.1, 0.15) is 0 Å². The zero-order valence-corrected chi connectivity index (χ0v) is 11.6. The number of hydrogen-bond donors (Lipinski definition) is 1. The minimum Gasteiger partial charge on any atom is -0.381 e. The van der Waals surface area contributed by atoms with Gasteiger partial charge in [-0.1, -0.05) is 6.92 Å². The normalized spacial score (nSPS) is 19.1. The Bertz CT molecular complexity index is 369. The van der Waals surface area contributed by atoms with E-state index >= 15 is 0 Å². The highest BCUT2D eigenvalue weighted by molar-refractivity contribution is 5.14. The number of hydrogen-bond acceptors (Lipinski definition) is 3. The van der Waals surface area contributed by atoms with Gasteiger partial charge in [0.15, 0.2) is 0 Å². The zero-order valence-electron chi connectivity index (χ0n) is 11.6. The number of aromatic nitrogens is 2. The molecular formula is C14H25N3O. The number of rotatable bonds is 5. The Morgan fingerprint density at radius 3 is 2.78 bits per heavy atom. The van der Waals surface area contributed by atoms with Gasteiger partial charge in [-0.05, 0) is 44.6 Å². The molecule has 0 aromatic carbocycles. The lowest BCUT2D eigenvalue weighted by molar-refractivity contribution is 0.0616. The summed E-state index contributed by atoms with van der Waals surface area (Å²) in [6.07, 6.45) is 4.32. The molecule has 2 rings (SSSR count). The third-order valence-corrected chi connectivity index (χ3v) is 3.83. The lowest BCUT2D eigenvalue weighted by Crippen LogP contribution is -2.23. The van der Waals surface area contributed by atoms with Gasteiger partial charge in [-0.3, -0.25) is 4.68 Å². The van der Waals surface area contributed by atoms with Crippen LogP contribution < -0.4 is 5.73 Å². The molecule has 1 aliphatic heterocycles. The largest absolute Gasteiger partial charge is 0.381 e. The summed E-state index contributed by atoms with van der Waals surface area (Å²) in [5, 5.41) is 4.57. The molecule has 2 N–H and O–H groups in total. The van der Waals surface area contributed by atoms with Crippen LogP contribution in [0.1, 0.15) is 50.5 Å². The molecule has 0 amide bonds. The van der Waals surface area contributed by atoms with E-state index in [4.69, 9.17) is 10.5 Å². The molecule has 0 aliphatic carbocycles. The molecule has 1 aromatic heterocycles. The molecule has 18 heavy (non-hydrogen) atoms. The molecule has 1 aromatic rings. The summed E-state index contributed by atoms with van der Waals surface area (Å²) in [6.45, 7) is 6.94. The molecular weight excluding hydrogens is 226 g/mol. The van der Waals surface area contributed by atoms with E-state index in [1.807, 2.05) is 0 Å². The standard InChI is InChI=1S/C14H25N3O/c1-3-12-10-14(17(4-2)16-12)13(15)9-11-5-7-18-8-6-11/h10-11,13H,3-9,15H2,1-2H3. The summed E-state index contributed by atoms with van der Waals surface area (Å²) in [6, 6.07) is 2.29. The maximum atomic E-state index is 6.37. The van der Waals surface area contributed by atoms with Gasteiger partial charge < -0.3 is 10.5 Å². The maximum absolute atomic E-state index is 6.37. The van der Waals surface area contributed by atoms with Crippen molar-refractivity contribution in [3.63, 3.8) is 0 Å². The number of aryl methyl sites for hydroxylation is 2. The first-order chi connectivity index (χ1) is 8.74. The van der Waals surface area contributed by atoms with Crippen LogP contribution in [0.2, 0.25) is 0 Å². The van der Waals surface area contributed by atoms with E-state index in [0.29, 0.717) is 5.92 Å². The van der Waals surface area contributed by atoms with E-state index in [-0.39, 0.29) is 6.04 Å². The molecule has 102 valence electrons. The van der Waals surface area contributed by atoms with Crippen LogP contribution >= 0.6 is 0 Å². The van der Waals surface area contributed by atoms with Crippen molar-refractivity contribution >= 4 is 0 Å². The van der Waals surface area contributed by atoms with Crippen LogP contribution in [-0.4, -0.2) is 23.0 Å². The third-order valence-electron chi connectivity index (χ3n) is 3.83. The quantitative estimate of drug-likeness (QED) is 0.873. The second kappa shape index (κ2) is 6.34. The van der Waals surface area contributed by atoms with Gasteiger partial charge in [-0.15, -0.1) is 0 Å². The second-order valence-corrected chi connectivity index (χ2v) is 5.13. The topological polar surface area (TPSA) is 53.1 Å². The molecule has 2 heterocycles. The summed E-state index contributed by atoms with van der Waals surface area (Å²) in [5.41, 5.74) is 8.71. The van der Waals surface area contributed by atoms with Gasteiger partial charge in [-0.25, -0.2) is 0 Å². The summed E-state index contributed by atoms with van der Waals surface area (Å²) in [5.74, 6) is 0.707. The lowest BCUT2D eigenvalue weighted by atomic mass is 9.91. The molecule has 1 aliphatic rings. The fourth-order valence-corrected chi connectivity index (χ4v) is 2.67. The van der Waals surface area contributed by atoms with Gasteiger partial charge >= 0.3 is 0 Å². The predicted octanol–water partition coefficient (Wildman–Crippen LogP) is 2.28. The van der Waals surface area contributed by atoms with Crippen molar-refractivity contribution in [1.29, 1.82) is 0 Å². The van der Waals surface area contributed by atoms with Crippen LogP contribution in [0.25, 0.3) is 0 Å². The molecule has 4 heteroatoms. The summed E-state index contributed by atoms with van der Waals surface area (Å²) < 4.78 is 7.45. The highest BCUT2D eigenvalue weighted by Crippen LogP contribution is 2.26. The van der Waals surface area contributed by atoms with Crippen molar-refractivity contribution in [1.82, 2.24) is 9.78 Å². The monoisotopic (exact) mass is 251 g/mol. The number of ether oxygens (including phenoxy) is 1. The Kier molecular flexibility index (Phi) is 4.78. The summed E-state index contributed by atoms with van der Waals surface area (Å²) in [4.78, 5) is 0. The van der Waals surface area contributed by atoms with Crippen molar-refractivity contribution in [2.45, 2.75) is 52.1 Å². The average Bonchev–Trinajstić information content (AvgIpc) is 2.83. The molecule has 1 saturated heterocycles. The molecule has 1 atom stereocenters. The Morgan fingerprint density at radius 2 is 2.17 bits per heavy atom. The fraction of sp³-hybridized carbons (Fsp3) is 0.786. The van der Waals surface area contributed by atoms with Crippen molar-refractivity contribution in [2.24, 2.45) is 11.7 Å². The molecule has 1 unspecified atom stereocenters. The molecule has 0 spiro atoms. The first-order valence-corrected chi connectivity index (χ1v) is 7.14. The first-order valence-electron chi connectivity index (χ1n) is 7.14. The van der Waals surface area contributed by atoms with E-state index in [0.717, 1.165) is 51.1 Å². The summed E-state index contributed by atoms with van der Waals surface area (Å²) in [7, 11) is 0. The van der Waals surface area contributed by atoms with E-state index in [1.165, 1.54) is 5.69 Å². The highest BCUT2D eigenvalue weighted by Gasteiger charge is 2.20. The Morgan fingerprint density at radius 1 is 1.44 bits per heavy atom. The minimum absolute atomic E-state index is 0.112. The van der Waals surface area contributed by atoms with Gasteiger partial charge in [0, 0.05) is 25.8 Å². The molecule has 4 nitrogen and oxygen atoms in total. The molecule has 0 saturated carbocycles. The van der Waals surface area contributed by atoms with Gasteiger partial charge in [0.05, 0.1) is 11.4 Å². The van der Waals surface area contributed by atoms with E-state index < -0.39 is 0 Å². The molecule has 1 fully saturated rings. The number of nitrogens with zero attached hydrogens (tertiary/aromatic N) is 2. The van der Waals surface area contributed by atoms with Crippen molar-refractivity contribution in [3.8, 4) is 0 Å². The van der Waals surface area contributed by atoms with Crippen LogP contribution in [0.3, 0.4) is 0 Å². The zero-order chi connectivity index (χ0) is 13.0. The van der Waals surface area contributed by atoms with Gasteiger partial charge in [0.2, 0.25) is 0 Å². The van der Waals surface area contributed by atoms with E-state index in [1.54, 1.807) is 0 Å². The van der Waals surface area contributed by atoms with Crippen molar-refractivity contribution < 1.29 is 4.74 Å². The van der Waals surface area contributed by atoms with Crippen LogP contribution in [0, 0.1) is 5.92 Å². The van der Waals surface area contributed by atoms with Crippen LogP contribution in [0.4, 0.5) is 0 Å². The van der Waals surface area contributed by atoms with Crippen molar-refractivity contribution in [2.75, 3.05) is 13.2 Å². The maximum Gasteiger partial charge on any atom is 0.0625 e. The van der Waals surface area contributed by atoms with Crippen molar-refractivity contribution in [3.05, 3.63) is 17.5 Å². The second-order valence-electron chi connectivity index (χ2n) is 5.13. The third kappa shape index (κ3) is 3.12. The van der Waals surface area contributed by atoms with E-state index in [2.05, 4.69) is 29.7 Å². The van der Waals surface area contributed by atoms with E-state index in [9.17, 15) is 0 Å². The highest BCUT2D eigenvalue weighted by atomic mass is 16.5. The van der Waals surface area contributed by atoms with Gasteiger partial charge in [-0.2, -0.15) is 5.10 Å². The Hall–Kier alpha value is -0.870. The SMILES string of the molecule is CCc1cc(C(N)CC2CCOCC2)n(CC)n1. The molecule has 0 bridgehead atoms. The fourth-order valence-electron chi connectivity index (χ4n) is 2.67. The lowest BCUT2D eigenvalue weighted by Gasteiger charge is -2.25. The van der Waals surface area contributed by atoms with Gasteiger partial charge in [0.25, 0.3) is 0 Å². The average molecular weight is 251 g/mol. The Labute approximate surface area is 110 Å². The van der Waals surface area contributed by atoms with Crippen LogP contribution in [0.5, 0.6) is 0 Å². The summed E-state index contributed by atoms with van der Waals surface area (Å²) >= 11 is 0. The minimum atomic E-state index is 0.112. The smallest absolute Gasteiger partial charge is 0.0625 e. The number of nitrogens with two attached hydrogens (primary N) is 1. The Balaban J connectivity index is 2.02.